The molecule has 1 rings (SSSR count). The van der Waals surface area contributed by atoms with Crippen LogP contribution in [0.4, 0.5) is 0 Å². The van der Waals surface area contributed by atoms with Crippen molar-refractivity contribution in [3.8, 4) is 0 Å². The van der Waals surface area contributed by atoms with Gasteiger partial charge in [0.15, 0.2) is 0 Å². The second kappa shape index (κ2) is 6.72. The highest BCUT2D eigenvalue weighted by Gasteiger charge is 2.20. The molecule has 0 bridgehead atoms. The van der Waals surface area contributed by atoms with E-state index in [1.165, 1.54) is 12.8 Å². The van der Waals surface area contributed by atoms with Crippen molar-refractivity contribution in [2.24, 2.45) is 5.92 Å². The van der Waals surface area contributed by atoms with Crippen LogP contribution in [-0.2, 0) is 9.53 Å². The molecule has 2 heteroatoms. The third-order valence-electron chi connectivity index (χ3n) is 3.12. The van der Waals surface area contributed by atoms with Gasteiger partial charge in [-0.05, 0) is 44.4 Å². The van der Waals surface area contributed by atoms with Gasteiger partial charge < -0.3 is 4.74 Å². The Bertz CT molecular complexity index is 237. The highest BCUT2D eigenvalue weighted by molar-refractivity contribution is 5.87. The van der Waals surface area contributed by atoms with E-state index in [9.17, 15) is 4.79 Å². The maximum absolute atomic E-state index is 11.7. The van der Waals surface area contributed by atoms with Gasteiger partial charge in [0.25, 0.3) is 0 Å². The second-order valence-electron chi connectivity index (χ2n) is 5.20. The minimum absolute atomic E-state index is 0.161. The van der Waals surface area contributed by atoms with Crippen molar-refractivity contribution in [3.63, 3.8) is 0 Å². The molecule has 0 radical (unpaired) electrons. The van der Waals surface area contributed by atoms with Gasteiger partial charge in [-0.3, -0.25) is 0 Å². The monoisotopic (exact) mass is 224 g/mol. The van der Waals surface area contributed by atoms with E-state index < -0.39 is 0 Å². The van der Waals surface area contributed by atoms with Crippen LogP contribution in [0.15, 0.2) is 12.2 Å². The zero-order valence-corrected chi connectivity index (χ0v) is 10.6. The van der Waals surface area contributed by atoms with Gasteiger partial charge in [-0.2, -0.15) is 0 Å². The van der Waals surface area contributed by atoms with Crippen LogP contribution in [0.1, 0.15) is 58.8 Å². The SMILES string of the molecule is C=C(CCCC(C)C)C(=O)OC1CCCC1. The maximum Gasteiger partial charge on any atom is 0.333 e. The van der Waals surface area contributed by atoms with Gasteiger partial charge >= 0.3 is 5.97 Å². The van der Waals surface area contributed by atoms with Gasteiger partial charge in [0.1, 0.15) is 6.10 Å². The predicted octanol–water partition coefficient (Wildman–Crippen LogP) is 3.85. The summed E-state index contributed by atoms with van der Waals surface area (Å²) in [5.74, 6) is 0.523. The van der Waals surface area contributed by atoms with Gasteiger partial charge in [0.2, 0.25) is 0 Å². The maximum atomic E-state index is 11.7. The zero-order valence-electron chi connectivity index (χ0n) is 10.6. The summed E-state index contributed by atoms with van der Waals surface area (Å²) in [6, 6.07) is 0. The second-order valence-corrected chi connectivity index (χ2v) is 5.20. The first-order chi connectivity index (χ1) is 7.59. The third kappa shape index (κ3) is 4.82. The molecule has 2 nitrogen and oxygen atoms in total. The molecule has 16 heavy (non-hydrogen) atoms. The molecule has 0 aromatic heterocycles. The predicted molar refractivity (Wildman–Crippen MR) is 66.2 cm³/mol. The first-order valence-corrected chi connectivity index (χ1v) is 6.48. The number of ether oxygens (including phenoxy) is 1. The molecule has 1 saturated carbocycles. The largest absolute Gasteiger partial charge is 0.459 e. The van der Waals surface area contributed by atoms with Crippen LogP contribution in [0.25, 0.3) is 0 Å². The topological polar surface area (TPSA) is 26.3 Å². The summed E-state index contributed by atoms with van der Waals surface area (Å²) in [6.07, 6.45) is 7.58. The van der Waals surface area contributed by atoms with E-state index in [-0.39, 0.29) is 12.1 Å². The van der Waals surface area contributed by atoms with Crippen molar-refractivity contribution < 1.29 is 9.53 Å². The number of carbonyl (C=O) groups excluding carboxylic acids is 1. The Morgan fingerprint density at radius 2 is 2.00 bits per heavy atom. The lowest BCUT2D eigenvalue weighted by molar-refractivity contribution is -0.144. The zero-order chi connectivity index (χ0) is 12.0. The molecule has 0 amide bonds. The molecule has 0 aromatic carbocycles. The molecule has 0 aromatic rings. The Balaban J connectivity index is 2.17. The number of rotatable bonds is 6. The van der Waals surface area contributed by atoms with E-state index in [0.29, 0.717) is 11.5 Å². The smallest absolute Gasteiger partial charge is 0.333 e. The highest BCUT2D eigenvalue weighted by Crippen LogP contribution is 2.22. The van der Waals surface area contributed by atoms with Gasteiger partial charge in [-0.15, -0.1) is 0 Å². The number of hydrogen-bond acceptors (Lipinski definition) is 2. The molecular weight excluding hydrogens is 200 g/mol. The average molecular weight is 224 g/mol. The molecule has 1 aliphatic rings. The molecule has 1 aliphatic carbocycles. The van der Waals surface area contributed by atoms with Crippen molar-refractivity contribution in [3.05, 3.63) is 12.2 Å². The summed E-state index contributed by atoms with van der Waals surface area (Å²) in [7, 11) is 0. The van der Waals surface area contributed by atoms with Crippen molar-refractivity contribution in [2.45, 2.75) is 64.9 Å². The molecule has 0 unspecified atom stereocenters. The van der Waals surface area contributed by atoms with E-state index >= 15 is 0 Å². The van der Waals surface area contributed by atoms with Crippen LogP contribution in [0, 0.1) is 5.92 Å². The number of hydrogen-bond donors (Lipinski definition) is 0. The number of carbonyl (C=O) groups is 1. The molecule has 1 fully saturated rings. The van der Waals surface area contributed by atoms with Crippen molar-refractivity contribution in [1.29, 1.82) is 0 Å². The molecule has 0 atom stereocenters. The van der Waals surface area contributed by atoms with Crippen LogP contribution in [0.5, 0.6) is 0 Å². The van der Waals surface area contributed by atoms with Gasteiger partial charge in [-0.1, -0.05) is 26.8 Å². The molecular formula is C14H24O2. The summed E-state index contributed by atoms with van der Waals surface area (Å²) in [5.41, 5.74) is 0.646. The highest BCUT2D eigenvalue weighted by atomic mass is 16.5. The van der Waals surface area contributed by atoms with E-state index in [4.69, 9.17) is 4.74 Å². The fraction of sp³-hybridized carbons (Fsp3) is 0.786. The molecule has 0 N–H and O–H groups in total. The van der Waals surface area contributed by atoms with Crippen LogP contribution >= 0.6 is 0 Å². The van der Waals surface area contributed by atoms with E-state index in [2.05, 4.69) is 20.4 Å². The van der Waals surface area contributed by atoms with E-state index in [0.717, 1.165) is 32.1 Å². The molecule has 92 valence electrons. The minimum Gasteiger partial charge on any atom is -0.459 e. The number of esters is 1. The summed E-state index contributed by atoms with van der Waals surface area (Å²) in [6.45, 7) is 8.21. The Hall–Kier alpha value is -0.790. The van der Waals surface area contributed by atoms with E-state index in [1.54, 1.807) is 0 Å². The van der Waals surface area contributed by atoms with Crippen LogP contribution in [0.3, 0.4) is 0 Å². The Morgan fingerprint density at radius 3 is 2.56 bits per heavy atom. The van der Waals surface area contributed by atoms with Crippen LogP contribution in [-0.4, -0.2) is 12.1 Å². The molecule has 0 saturated heterocycles. The molecule has 0 heterocycles. The Labute approximate surface area is 99.1 Å². The van der Waals surface area contributed by atoms with Crippen molar-refractivity contribution in [2.75, 3.05) is 0 Å². The van der Waals surface area contributed by atoms with E-state index in [1.807, 2.05) is 0 Å². The summed E-state index contributed by atoms with van der Waals surface area (Å²) < 4.78 is 5.39. The van der Waals surface area contributed by atoms with Gasteiger partial charge in [-0.25, -0.2) is 4.79 Å². The van der Waals surface area contributed by atoms with Gasteiger partial charge in [0.05, 0.1) is 0 Å². The van der Waals surface area contributed by atoms with Gasteiger partial charge in [0, 0.05) is 5.57 Å². The lowest BCUT2D eigenvalue weighted by Crippen LogP contribution is -2.16. The Kier molecular flexibility index (Phi) is 5.58. The molecule has 0 aliphatic heterocycles. The normalized spacial score (nSPS) is 16.7. The Morgan fingerprint density at radius 1 is 1.38 bits per heavy atom. The van der Waals surface area contributed by atoms with Crippen molar-refractivity contribution >= 4 is 5.97 Å². The van der Waals surface area contributed by atoms with Crippen molar-refractivity contribution in [1.82, 2.24) is 0 Å². The third-order valence-corrected chi connectivity index (χ3v) is 3.12. The minimum atomic E-state index is -0.171. The lowest BCUT2D eigenvalue weighted by atomic mass is 10.0. The van der Waals surface area contributed by atoms with Crippen LogP contribution in [0.2, 0.25) is 0 Å². The van der Waals surface area contributed by atoms with Crippen LogP contribution < -0.4 is 0 Å². The summed E-state index contributed by atoms with van der Waals surface area (Å²) in [4.78, 5) is 11.7. The quantitative estimate of drug-likeness (QED) is 0.506. The summed E-state index contributed by atoms with van der Waals surface area (Å²) >= 11 is 0. The first kappa shape index (κ1) is 13.3. The fourth-order valence-corrected chi connectivity index (χ4v) is 2.07. The lowest BCUT2D eigenvalue weighted by Gasteiger charge is -2.12. The fourth-order valence-electron chi connectivity index (χ4n) is 2.07. The molecule has 0 spiro atoms. The first-order valence-electron chi connectivity index (χ1n) is 6.48. The summed E-state index contributed by atoms with van der Waals surface area (Å²) in [5, 5.41) is 0. The standard InChI is InChI=1S/C14H24O2/c1-11(2)7-6-8-12(3)14(15)16-13-9-4-5-10-13/h11,13H,3-10H2,1-2H3. The average Bonchev–Trinajstić information content (AvgIpc) is 2.69.